The quantitative estimate of drug-likeness (QED) is 0.159. The van der Waals surface area contributed by atoms with Gasteiger partial charge < -0.3 is 14.0 Å². The van der Waals surface area contributed by atoms with E-state index in [4.69, 9.17) is 0 Å². The molecule has 0 unspecified atom stereocenters. The predicted octanol–water partition coefficient (Wildman–Crippen LogP) is 14.7. The van der Waals surface area contributed by atoms with E-state index >= 15 is 0 Å². The van der Waals surface area contributed by atoms with Gasteiger partial charge in [-0.05, 0) is 114 Å². The molecule has 57 heavy (non-hydrogen) atoms. The van der Waals surface area contributed by atoms with Crippen LogP contribution in [0.4, 0.5) is 17.1 Å². The first kappa shape index (κ1) is 32.8. The van der Waals surface area contributed by atoms with Crippen molar-refractivity contribution in [1.29, 1.82) is 0 Å². The zero-order valence-electron chi connectivity index (χ0n) is 31.2. The van der Waals surface area contributed by atoms with Crippen LogP contribution in [0.2, 0.25) is 0 Å². The molecule has 2 aromatic heterocycles. The Bertz CT molecular complexity index is 3180. The van der Waals surface area contributed by atoms with Crippen molar-refractivity contribution in [3.8, 4) is 33.6 Å². The lowest BCUT2D eigenvalue weighted by molar-refractivity contribution is 1.18. The maximum atomic E-state index is 2.40. The third-order valence-electron chi connectivity index (χ3n) is 11.3. The molecule has 0 spiro atoms. The molecule has 0 aliphatic carbocycles. The van der Waals surface area contributed by atoms with E-state index in [1.165, 1.54) is 71.6 Å². The summed E-state index contributed by atoms with van der Waals surface area (Å²) in [6, 6.07) is 81.1. The molecule has 9 aromatic carbocycles. The summed E-state index contributed by atoms with van der Waals surface area (Å²) in [4.78, 5) is 2.36. The van der Waals surface area contributed by atoms with Crippen molar-refractivity contribution in [3.05, 3.63) is 224 Å². The normalized spacial score (nSPS) is 11.5. The van der Waals surface area contributed by atoms with Crippen LogP contribution in [0.1, 0.15) is 0 Å². The van der Waals surface area contributed by atoms with Crippen LogP contribution in [0.3, 0.4) is 0 Å². The standard InChI is InChI=1S/C54H37N3/c1-5-17-41(18-6-1)55(42-19-7-2-8-20-42)50-27-15-13-25-45(50)40-31-34-54-49(37-40)48-36-39(30-33-53(48)57(54)44-23-11-4-12-24-44)38-29-32-52-47(35-38)46-26-14-16-28-51(46)56(52)43-21-9-3-10-22-43/h1-37H. The summed E-state index contributed by atoms with van der Waals surface area (Å²) in [6.45, 7) is 0. The van der Waals surface area contributed by atoms with Gasteiger partial charge in [0.2, 0.25) is 0 Å². The fourth-order valence-electron chi connectivity index (χ4n) is 8.73. The molecule has 0 amide bonds. The molecule has 11 rings (SSSR count). The van der Waals surface area contributed by atoms with Gasteiger partial charge >= 0.3 is 0 Å². The molecule has 0 N–H and O–H groups in total. The summed E-state index contributed by atoms with van der Waals surface area (Å²) < 4.78 is 4.78. The largest absolute Gasteiger partial charge is 0.310 e. The highest BCUT2D eigenvalue weighted by Gasteiger charge is 2.20. The van der Waals surface area contributed by atoms with E-state index < -0.39 is 0 Å². The van der Waals surface area contributed by atoms with Gasteiger partial charge in [0.05, 0.1) is 27.8 Å². The minimum atomic E-state index is 1.12. The first-order valence-electron chi connectivity index (χ1n) is 19.5. The van der Waals surface area contributed by atoms with Crippen LogP contribution in [0.5, 0.6) is 0 Å². The molecular weight excluding hydrogens is 691 g/mol. The Morgan fingerprint density at radius 1 is 0.281 bits per heavy atom. The Morgan fingerprint density at radius 3 is 1.21 bits per heavy atom. The van der Waals surface area contributed by atoms with Crippen LogP contribution >= 0.6 is 0 Å². The molecule has 3 nitrogen and oxygen atoms in total. The molecule has 0 fully saturated rings. The summed E-state index contributed by atoms with van der Waals surface area (Å²) in [6.07, 6.45) is 0. The molecule has 0 aliphatic heterocycles. The van der Waals surface area contributed by atoms with Crippen LogP contribution < -0.4 is 4.90 Å². The summed E-state index contributed by atoms with van der Waals surface area (Å²) in [5.41, 5.74) is 15.2. The number of para-hydroxylation sites is 6. The Labute approximate surface area is 331 Å². The number of nitrogens with zero attached hydrogens (tertiary/aromatic N) is 3. The summed E-state index contributed by atoms with van der Waals surface area (Å²) in [5.74, 6) is 0. The minimum Gasteiger partial charge on any atom is -0.310 e. The van der Waals surface area contributed by atoms with Crippen molar-refractivity contribution in [1.82, 2.24) is 9.13 Å². The SMILES string of the molecule is c1ccc(N(c2ccccc2)c2ccccc2-c2ccc3c(c2)c2cc(-c4ccc5c(c4)c4ccccc4n5-c4ccccc4)ccc2n3-c2ccccc2)cc1. The van der Waals surface area contributed by atoms with E-state index in [-0.39, 0.29) is 0 Å². The van der Waals surface area contributed by atoms with Crippen LogP contribution in [0.15, 0.2) is 224 Å². The second-order valence-corrected chi connectivity index (χ2v) is 14.6. The average Bonchev–Trinajstić information content (AvgIpc) is 3.80. The van der Waals surface area contributed by atoms with Gasteiger partial charge in [-0.2, -0.15) is 0 Å². The third kappa shape index (κ3) is 5.51. The maximum absolute atomic E-state index is 2.40. The summed E-state index contributed by atoms with van der Waals surface area (Å²) in [5, 5.41) is 4.94. The van der Waals surface area contributed by atoms with Gasteiger partial charge in [0.1, 0.15) is 0 Å². The number of benzene rings is 9. The van der Waals surface area contributed by atoms with E-state index in [0.717, 1.165) is 22.7 Å². The maximum Gasteiger partial charge on any atom is 0.0541 e. The van der Waals surface area contributed by atoms with Crippen molar-refractivity contribution in [2.24, 2.45) is 0 Å². The van der Waals surface area contributed by atoms with Crippen molar-refractivity contribution in [3.63, 3.8) is 0 Å². The fourth-order valence-corrected chi connectivity index (χ4v) is 8.73. The second-order valence-electron chi connectivity index (χ2n) is 14.6. The topological polar surface area (TPSA) is 13.1 Å². The molecule has 0 saturated carbocycles. The minimum absolute atomic E-state index is 1.12. The summed E-state index contributed by atoms with van der Waals surface area (Å²) >= 11 is 0. The zero-order chi connectivity index (χ0) is 37.7. The van der Waals surface area contributed by atoms with Gasteiger partial charge in [0.25, 0.3) is 0 Å². The second kappa shape index (κ2) is 13.6. The van der Waals surface area contributed by atoms with Crippen LogP contribution in [0.25, 0.3) is 77.2 Å². The molecule has 3 heteroatoms. The molecule has 11 aromatic rings. The van der Waals surface area contributed by atoms with Gasteiger partial charge in [-0.1, -0.05) is 127 Å². The van der Waals surface area contributed by atoms with Gasteiger partial charge in [-0.25, -0.2) is 0 Å². The highest BCUT2D eigenvalue weighted by atomic mass is 15.1. The number of hydrogen-bond acceptors (Lipinski definition) is 1. The first-order chi connectivity index (χ1) is 28.3. The third-order valence-corrected chi connectivity index (χ3v) is 11.3. The predicted molar refractivity (Wildman–Crippen MR) is 241 cm³/mol. The molecule has 0 radical (unpaired) electrons. The van der Waals surface area contributed by atoms with Crippen molar-refractivity contribution >= 4 is 60.7 Å². The molecule has 0 bridgehead atoms. The zero-order valence-corrected chi connectivity index (χ0v) is 31.2. The number of anilines is 3. The fraction of sp³-hybridized carbons (Fsp3) is 0. The number of rotatable bonds is 7. The monoisotopic (exact) mass is 727 g/mol. The van der Waals surface area contributed by atoms with Gasteiger partial charge in [-0.15, -0.1) is 0 Å². The first-order valence-corrected chi connectivity index (χ1v) is 19.5. The molecule has 2 heterocycles. The van der Waals surface area contributed by atoms with Crippen molar-refractivity contribution in [2.45, 2.75) is 0 Å². The van der Waals surface area contributed by atoms with Gasteiger partial charge in [0, 0.05) is 49.9 Å². The lowest BCUT2D eigenvalue weighted by atomic mass is 9.98. The summed E-state index contributed by atoms with van der Waals surface area (Å²) in [7, 11) is 0. The number of hydrogen-bond donors (Lipinski definition) is 0. The van der Waals surface area contributed by atoms with Gasteiger partial charge in [-0.3, -0.25) is 0 Å². The lowest BCUT2D eigenvalue weighted by Gasteiger charge is -2.27. The highest BCUT2D eigenvalue weighted by molar-refractivity contribution is 6.13. The van der Waals surface area contributed by atoms with E-state index in [9.17, 15) is 0 Å². The Balaban J connectivity index is 1.11. The lowest BCUT2D eigenvalue weighted by Crippen LogP contribution is -2.10. The molecule has 0 aliphatic rings. The van der Waals surface area contributed by atoms with Crippen molar-refractivity contribution in [2.75, 3.05) is 4.90 Å². The van der Waals surface area contributed by atoms with Gasteiger partial charge in [0.15, 0.2) is 0 Å². The van der Waals surface area contributed by atoms with E-state index in [1.807, 2.05) is 0 Å². The van der Waals surface area contributed by atoms with Crippen LogP contribution in [-0.2, 0) is 0 Å². The molecular formula is C54H37N3. The molecule has 0 saturated heterocycles. The van der Waals surface area contributed by atoms with Crippen LogP contribution in [-0.4, -0.2) is 9.13 Å². The van der Waals surface area contributed by atoms with E-state index in [1.54, 1.807) is 0 Å². The van der Waals surface area contributed by atoms with E-state index in [2.05, 4.69) is 238 Å². The smallest absolute Gasteiger partial charge is 0.0541 e. The number of fused-ring (bicyclic) bond motifs is 6. The molecule has 268 valence electrons. The number of aromatic nitrogens is 2. The Morgan fingerprint density at radius 2 is 0.667 bits per heavy atom. The Kier molecular flexibility index (Phi) is 7.82. The highest BCUT2D eigenvalue weighted by Crippen LogP contribution is 2.43. The average molecular weight is 728 g/mol. The van der Waals surface area contributed by atoms with Crippen LogP contribution in [0, 0.1) is 0 Å². The molecule has 0 atom stereocenters. The van der Waals surface area contributed by atoms with E-state index in [0.29, 0.717) is 0 Å². The van der Waals surface area contributed by atoms with Crippen molar-refractivity contribution < 1.29 is 0 Å². The Hall–Kier alpha value is -7.62.